The number of esters is 1. The van der Waals surface area contributed by atoms with Crippen LogP contribution in [0.25, 0.3) is 0 Å². The smallest absolute Gasteiger partial charge is 0.334 e. The average molecular weight is 248 g/mol. The van der Waals surface area contributed by atoms with Crippen LogP contribution in [0.5, 0.6) is 0 Å². The van der Waals surface area contributed by atoms with Crippen molar-refractivity contribution in [3.05, 3.63) is 35.5 Å². The minimum absolute atomic E-state index is 0.0427. The van der Waals surface area contributed by atoms with E-state index in [4.69, 9.17) is 4.74 Å². The molecule has 3 atom stereocenters. The van der Waals surface area contributed by atoms with E-state index in [0.717, 1.165) is 18.4 Å². The molecule has 1 N–H and O–H groups in total. The number of rotatable bonds is 0. The van der Waals surface area contributed by atoms with E-state index in [1.807, 2.05) is 13.0 Å². The largest absolute Gasteiger partial charge is 0.454 e. The van der Waals surface area contributed by atoms with Gasteiger partial charge < -0.3 is 9.84 Å². The lowest BCUT2D eigenvalue weighted by molar-refractivity contribution is -0.137. The van der Waals surface area contributed by atoms with Crippen molar-refractivity contribution >= 4 is 5.97 Å². The molecule has 0 radical (unpaired) electrons. The van der Waals surface area contributed by atoms with Crippen molar-refractivity contribution in [3.63, 3.8) is 0 Å². The van der Waals surface area contributed by atoms with E-state index in [-0.39, 0.29) is 18.0 Å². The van der Waals surface area contributed by atoms with Crippen LogP contribution in [-0.2, 0) is 9.53 Å². The third-order valence-electron chi connectivity index (χ3n) is 3.84. The highest BCUT2D eigenvalue weighted by Crippen LogP contribution is 2.34. The summed E-state index contributed by atoms with van der Waals surface area (Å²) in [6.07, 6.45) is 5.61. The summed E-state index contributed by atoms with van der Waals surface area (Å²) in [5.41, 5.74) is 2.67. The normalized spacial score (nSPS) is 39.2. The van der Waals surface area contributed by atoms with E-state index in [1.165, 1.54) is 5.57 Å². The second-order valence-electron chi connectivity index (χ2n) is 5.25. The molecule has 2 aliphatic rings. The third-order valence-corrected chi connectivity index (χ3v) is 3.84. The minimum Gasteiger partial charge on any atom is -0.454 e. The van der Waals surface area contributed by atoms with Gasteiger partial charge in [-0.3, -0.25) is 0 Å². The molecule has 3 nitrogen and oxygen atoms in total. The summed E-state index contributed by atoms with van der Waals surface area (Å²) in [7, 11) is 0. The molecule has 0 amide bonds. The second-order valence-corrected chi connectivity index (χ2v) is 5.25. The molecule has 3 heteroatoms. The lowest BCUT2D eigenvalue weighted by Gasteiger charge is -2.19. The number of fused-ring (bicyclic) bond motifs is 1. The molecule has 0 aromatic carbocycles. The Morgan fingerprint density at radius 1 is 1.44 bits per heavy atom. The van der Waals surface area contributed by atoms with Crippen LogP contribution in [-0.4, -0.2) is 23.3 Å². The molecule has 0 aromatic rings. The third kappa shape index (κ3) is 2.56. The summed E-state index contributed by atoms with van der Waals surface area (Å²) in [5, 5.41) is 9.99. The van der Waals surface area contributed by atoms with Crippen LogP contribution in [0.3, 0.4) is 0 Å². The van der Waals surface area contributed by atoms with Crippen molar-refractivity contribution in [2.24, 2.45) is 5.92 Å². The Hall–Kier alpha value is -1.35. The fourth-order valence-electron chi connectivity index (χ4n) is 2.47. The maximum absolute atomic E-state index is 11.6. The van der Waals surface area contributed by atoms with Crippen molar-refractivity contribution in [3.8, 4) is 0 Å². The van der Waals surface area contributed by atoms with Crippen LogP contribution in [0.1, 0.15) is 33.1 Å². The van der Waals surface area contributed by atoms with Gasteiger partial charge in [0, 0.05) is 11.5 Å². The predicted octanol–water partition coefficient (Wildman–Crippen LogP) is 2.52. The number of carbonyl (C=O) groups excluding carboxylic acids is 1. The predicted molar refractivity (Wildman–Crippen MR) is 69.9 cm³/mol. The highest BCUT2D eigenvalue weighted by Gasteiger charge is 2.37. The first kappa shape index (κ1) is 13.1. The van der Waals surface area contributed by atoms with Crippen LogP contribution < -0.4 is 0 Å². The number of aliphatic hydroxyl groups is 1. The first-order chi connectivity index (χ1) is 8.49. The monoisotopic (exact) mass is 248 g/mol. The molecule has 2 rings (SSSR count). The van der Waals surface area contributed by atoms with Crippen LogP contribution in [0.15, 0.2) is 35.5 Å². The van der Waals surface area contributed by atoms with Gasteiger partial charge in [0.05, 0.1) is 6.10 Å². The van der Waals surface area contributed by atoms with Gasteiger partial charge in [-0.1, -0.05) is 18.2 Å². The number of hydrogen-bond donors (Lipinski definition) is 1. The van der Waals surface area contributed by atoms with Gasteiger partial charge in [0.15, 0.2) is 0 Å². The van der Waals surface area contributed by atoms with Gasteiger partial charge in [0.25, 0.3) is 0 Å². The van der Waals surface area contributed by atoms with Gasteiger partial charge in [-0.05, 0) is 44.8 Å². The number of aliphatic hydroxyl groups excluding tert-OH is 1. The van der Waals surface area contributed by atoms with Gasteiger partial charge in [-0.25, -0.2) is 4.79 Å². The van der Waals surface area contributed by atoms with Crippen molar-refractivity contribution in [1.29, 1.82) is 0 Å². The number of ether oxygens (including phenoxy) is 1. The van der Waals surface area contributed by atoms with E-state index in [2.05, 4.69) is 19.6 Å². The van der Waals surface area contributed by atoms with Gasteiger partial charge >= 0.3 is 5.97 Å². The zero-order valence-electron chi connectivity index (χ0n) is 11.0. The van der Waals surface area contributed by atoms with E-state index in [1.54, 1.807) is 0 Å². The maximum atomic E-state index is 11.6. The van der Waals surface area contributed by atoms with Gasteiger partial charge in [-0.15, -0.1) is 0 Å². The van der Waals surface area contributed by atoms with Crippen molar-refractivity contribution in [2.75, 3.05) is 0 Å². The fourth-order valence-corrected chi connectivity index (χ4v) is 2.47. The second kappa shape index (κ2) is 5.11. The lowest BCUT2D eigenvalue weighted by Crippen LogP contribution is -2.18. The Kier molecular flexibility index (Phi) is 3.71. The van der Waals surface area contributed by atoms with Crippen molar-refractivity contribution in [1.82, 2.24) is 0 Å². The fraction of sp³-hybridized carbons (Fsp3) is 0.533. The molecule has 18 heavy (non-hydrogen) atoms. The highest BCUT2D eigenvalue weighted by atomic mass is 16.5. The summed E-state index contributed by atoms with van der Waals surface area (Å²) in [6, 6.07) is 0. The topological polar surface area (TPSA) is 46.5 Å². The summed E-state index contributed by atoms with van der Waals surface area (Å²) in [4.78, 5) is 11.6. The Bertz CT molecular complexity index is 431. The molecule has 0 unspecified atom stereocenters. The molecule has 0 bridgehead atoms. The Morgan fingerprint density at radius 3 is 2.89 bits per heavy atom. The number of carbonyl (C=O) groups is 1. The Balaban J connectivity index is 2.29. The van der Waals surface area contributed by atoms with E-state index < -0.39 is 6.10 Å². The Labute approximate surface area is 108 Å². The molecule has 0 saturated carbocycles. The first-order valence-corrected chi connectivity index (χ1v) is 6.41. The quantitative estimate of drug-likeness (QED) is 0.407. The molecule has 1 heterocycles. The average Bonchev–Trinajstić information content (AvgIpc) is 2.59. The van der Waals surface area contributed by atoms with Crippen LogP contribution in [0, 0.1) is 5.92 Å². The van der Waals surface area contributed by atoms with Crippen LogP contribution in [0.4, 0.5) is 0 Å². The zero-order chi connectivity index (χ0) is 13.3. The number of hydrogen-bond acceptors (Lipinski definition) is 3. The highest BCUT2D eigenvalue weighted by molar-refractivity contribution is 5.91. The SMILES string of the molecule is C=C1C(=O)O[C@@H]2/C=C(/C)[C@H](O)C/C=C(/C)CC[C@@H]12. The first-order valence-electron chi connectivity index (χ1n) is 6.41. The summed E-state index contributed by atoms with van der Waals surface area (Å²) in [6.45, 7) is 7.76. The molecule has 1 aliphatic carbocycles. The van der Waals surface area contributed by atoms with Gasteiger partial charge in [0.2, 0.25) is 0 Å². The van der Waals surface area contributed by atoms with Crippen LogP contribution >= 0.6 is 0 Å². The molecular formula is C15H20O3. The van der Waals surface area contributed by atoms with Crippen molar-refractivity contribution < 1.29 is 14.6 Å². The molecule has 0 aromatic heterocycles. The summed E-state index contributed by atoms with van der Waals surface area (Å²) < 4.78 is 5.32. The molecule has 98 valence electrons. The minimum atomic E-state index is -0.494. The molecule has 1 fully saturated rings. The van der Waals surface area contributed by atoms with Gasteiger partial charge in [-0.2, -0.15) is 0 Å². The number of allylic oxidation sites excluding steroid dienone is 1. The maximum Gasteiger partial charge on any atom is 0.334 e. The standard InChI is InChI=1S/C15H20O3/c1-9-4-6-12-11(3)15(17)18-14(12)8-10(2)13(16)7-5-9/h5,8,12-14,16H,3-4,6-7H2,1-2H3/b9-5-,10-8-/t12-,13+,14+/m0/s1. The summed E-state index contributed by atoms with van der Waals surface area (Å²) in [5.74, 6) is -0.259. The Morgan fingerprint density at radius 2 is 2.17 bits per heavy atom. The summed E-state index contributed by atoms with van der Waals surface area (Å²) >= 11 is 0. The molecular weight excluding hydrogens is 228 g/mol. The van der Waals surface area contributed by atoms with E-state index in [9.17, 15) is 9.90 Å². The molecule has 0 spiro atoms. The molecule has 1 aliphatic heterocycles. The van der Waals surface area contributed by atoms with Gasteiger partial charge in [0.1, 0.15) is 6.10 Å². The lowest BCUT2D eigenvalue weighted by atomic mass is 9.88. The molecule has 1 saturated heterocycles. The van der Waals surface area contributed by atoms with Crippen molar-refractivity contribution in [2.45, 2.75) is 45.3 Å². The van der Waals surface area contributed by atoms with Crippen LogP contribution in [0.2, 0.25) is 0 Å². The van der Waals surface area contributed by atoms with E-state index >= 15 is 0 Å². The zero-order valence-corrected chi connectivity index (χ0v) is 11.0. The van der Waals surface area contributed by atoms with E-state index in [0.29, 0.717) is 12.0 Å².